The molecule has 0 atom stereocenters. The molecule has 0 amide bonds. The van der Waals surface area contributed by atoms with Crippen LogP contribution in [0.2, 0.25) is 0 Å². The lowest BCUT2D eigenvalue weighted by atomic mass is 10.2. The lowest BCUT2D eigenvalue weighted by Gasteiger charge is -2.09. The van der Waals surface area contributed by atoms with E-state index in [-0.39, 0.29) is 11.4 Å². The highest BCUT2D eigenvalue weighted by Gasteiger charge is 2.19. The van der Waals surface area contributed by atoms with Crippen LogP contribution < -0.4 is 14.9 Å². The highest BCUT2D eigenvalue weighted by molar-refractivity contribution is 5.82. The van der Waals surface area contributed by atoms with Crippen molar-refractivity contribution in [3.8, 4) is 11.5 Å². The van der Waals surface area contributed by atoms with Gasteiger partial charge < -0.3 is 9.47 Å². The molecular weight excluding hydrogens is 356 g/mol. The summed E-state index contributed by atoms with van der Waals surface area (Å²) in [6.45, 7) is 3.90. The predicted molar refractivity (Wildman–Crippen MR) is 99.7 cm³/mol. The van der Waals surface area contributed by atoms with Crippen molar-refractivity contribution in [2.45, 2.75) is 0 Å². The molecule has 0 radical (unpaired) electrons. The van der Waals surface area contributed by atoms with Gasteiger partial charge in [0.1, 0.15) is 12.3 Å². The second-order valence-corrected chi connectivity index (χ2v) is 5.10. The van der Waals surface area contributed by atoms with Crippen molar-refractivity contribution in [3.05, 3.63) is 74.8 Å². The van der Waals surface area contributed by atoms with Crippen molar-refractivity contribution in [1.29, 1.82) is 0 Å². The Morgan fingerprint density at radius 2 is 1.93 bits per heavy atom. The van der Waals surface area contributed by atoms with E-state index in [4.69, 9.17) is 9.47 Å². The number of nitrogens with one attached hydrogen (secondary N) is 1. The molecule has 2 aromatic carbocycles. The number of benzene rings is 2. The Morgan fingerprint density at radius 1 is 1.15 bits per heavy atom. The van der Waals surface area contributed by atoms with E-state index in [1.54, 1.807) is 24.3 Å². The lowest BCUT2D eigenvalue weighted by Crippen LogP contribution is -1.99. The molecule has 0 spiro atoms. The minimum absolute atomic E-state index is 0.0275. The average molecular weight is 372 g/mol. The van der Waals surface area contributed by atoms with Gasteiger partial charge in [-0.25, -0.2) is 0 Å². The van der Waals surface area contributed by atoms with E-state index in [1.807, 2.05) is 0 Å². The third kappa shape index (κ3) is 5.01. The highest BCUT2D eigenvalue weighted by Crippen LogP contribution is 2.29. The number of hydrogen-bond donors (Lipinski definition) is 1. The zero-order chi connectivity index (χ0) is 19.8. The van der Waals surface area contributed by atoms with Crippen molar-refractivity contribution in [2.75, 3.05) is 19.1 Å². The molecule has 2 aromatic rings. The molecule has 0 heterocycles. The number of nitro benzene ring substituents is 2. The largest absolute Gasteiger partial charge is 0.493 e. The van der Waals surface area contributed by atoms with Crippen molar-refractivity contribution >= 4 is 23.3 Å². The van der Waals surface area contributed by atoms with Crippen LogP contribution in [0.3, 0.4) is 0 Å². The number of non-ortho nitro benzene ring substituents is 1. The first-order chi connectivity index (χ1) is 13.0. The summed E-state index contributed by atoms with van der Waals surface area (Å²) in [4.78, 5) is 20.4. The first kappa shape index (κ1) is 19.4. The summed E-state index contributed by atoms with van der Waals surface area (Å²) in [6, 6.07) is 8.33. The number of hydrazone groups is 1. The van der Waals surface area contributed by atoms with Gasteiger partial charge >= 0.3 is 5.69 Å². The monoisotopic (exact) mass is 372 g/mol. The van der Waals surface area contributed by atoms with E-state index in [0.717, 1.165) is 12.1 Å². The van der Waals surface area contributed by atoms with Gasteiger partial charge in [-0.2, -0.15) is 5.10 Å². The van der Waals surface area contributed by atoms with E-state index in [1.165, 1.54) is 19.4 Å². The van der Waals surface area contributed by atoms with Gasteiger partial charge in [-0.3, -0.25) is 25.7 Å². The summed E-state index contributed by atoms with van der Waals surface area (Å²) < 4.78 is 10.7. The molecule has 27 heavy (non-hydrogen) atoms. The van der Waals surface area contributed by atoms with E-state index >= 15 is 0 Å². The Morgan fingerprint density at radius 3 is 2.56 bits per heavy atom. The van der Waals surface area contributed by atoms with Crippen molar-refractivity contribution in [1.82, 2.24) is 0 Å². The van der Waals surface area contributed by atoms with Crippen LogP contribution >= 0.6 is 0 Å². The van der Waals surface area contributed by atoms with Gasteiger partial charge in [0.15, 0.2) is 11.5 Å². The predicted octanol–water partition coefficient (Wildman–Crippen LogP) is 3.52. The number of nitrogens with zero attached hydrogens (tertiary/aromatic N) is 3. The summed E-state index contributed by atoms with van der Waals surface area (Å²) in [5, 5.41) is 25.8. The Bertz CT molecular complexity index is 897. The molecule has 1 N–H and O–H groups in total. The Hall–Kier alpha value is -3.95. The fourth-order valence-corrected chi connectivity index (χ4v) is 2.09. The second-order valence-electron chi connectivity index (χ2n) is 5.10. The van der Waals surface area contributed by atoms with Crippen molar-refractivity contribution < 1.29 is 19.3 Å². The smallest absolute Gasteiger partial charge is 0.301 e. The van der Waals surface area contributed by atoms with Gasteiger partial charge in [0.25, 0.3) is 5.69 Å². The highest BCUT2D eigenvalue weighted by atomic mass is 16.6. The second kappa shape index (κ2) is 8.94. The molecule has 0 aliphatic rings. The molecule has 0 aromatic heterocycles. The summed E-state index contributed by atoms with van der Waals surface area (Å²) in [5.74, 6) is 1.02. The number of methoxy groups -OCH3 is 1. The maximum atomic E-state index is 11.1. The van der Waals surface area contributed by atoms with Crippen molar-refractivity contribution in [2.24, 2.45) is 5.10 Å². The maximum Gasteiger partial charge on any atom is 0.301 e. The third-order valence-corrected chi connectivity index (χ3v) is 3.33. The van der Waals surface area contributed by atoms with Crippen LogP contribution in [-0.2, 0) is 0 Å². The topological polar surface area (TPSA) is 129 Å². The standard InChI is InChI=1S/C17H16N4O6/c1-3-8-27-16-7-4-12(9-17(16)26-2)11-18-19-14-6-5-13(20(22)23)10-15(14)21(24)25/h3-7,9-11,19H,1,8H2,2H3/b18-11-. The minimum Gasteiger partial charge on any atom is -0.493 e. The van der Waals surface area contributed by atoms with Crippen LogP contribution in [0, 0.1) is 20.2 Å². The number of anilines is 1. The first-order valence-corrected chi connectivity index (χ1v) is 7.60. The molecule has 0 fully saturated rings. The van der Waals surface area contributed by atoms with Crippen molar-refractivity contribution in [3.63, 3.8) is 0 Å². The summed E-state index contributed by atoms with van der Waals surface area (Å²) >= 11 is 0. The Labute approximate surface area is 154 Å². The molecular formula is C17H16N4O6. The molecule has 0 unspecified atom stereocenters. The zero-order valence-corrected chi connectivity index (χ0v) is 14.3. The molecule has 2 rings (SSSR count). The van der Waals surface area contributed by atoms with E-state index in [0.29, 0.717) is 23.7 Å². The van der Waals surface area contributed by atoms with Gasteiger partial charge in [-0.1, -0.05) is 12.7 Å². The molecule has 0 aliphatic carbocycles. The van der Waals surface area contributed by atoms with Gasteiger partial charge in [0.05, 0.1) is 29.2 Å². The van der Waals surface area contributed by atoms with E-state index in [2.05, 4.69) is 17.1 Å². The van der Waals surface area contributed by atoms with E-state index in [9.17, 15) is 20.2 Å². The van der Waals surface area contributed by atoms with Gasteiger partial charge in [-0.05, 0) is 29.8 Å². The maximum absolute atomic E-state index is 11.1. The summed E-state index contributed by atoms with van der Waals surface area (Å²) in [5.41, 5.74) is 2.36. The van der Waals surface area contributed by atoms with Gasteiger partial charge in [0.2, 0.25) is 0 Å². The lowest BCUT2D eigenvalue weighted by molar-refractivity contribution is -0.393. The fourth-order valence-electron chi connectivity index (χ4n) is 2.09. The summed E-state index contributed by atoms with van der Waals surface area (Å²) in [7, 11) is 1.50. The van der Waals surface area contributed by atoms with Crippen LogP contribution in [-0.4, -0.2) is 29.8 Å². The fraction of sp³-hybridized carbons (Fsp3) is 0.118. The molecule has 10 heteroatoms. The third-order valence-electron chi connectivity index (χ3n) is 3.33. The molecule has 0 saturated carbocycles. The number of nitro groups is 2. The van der Waals surface area contributed by atoms with Gasteiger partial charge in [-0.15, -0.1) is 0 Å². The number of rotatable bonds is 9. The van der Waals surface area contributed by atoms with E-state index < -0.39 is 15.5 Å². The number of hydrogen-bond acceptors (Lipinski definition) is 8. The normalized spacial score (nSPS) is 10.4. The Balaban J connectivity index is 2.18. The molecule has 140 valence electrons. The first-order valence-electron chi connectivity index (χ1n) is 7.60. The molecule has 10 nitrogen and oxygen atoms in total. The van der Waals surface area contributed by atoms with Crippen LogP contribution in [0.15, 0.2) is 54.2 Å². The van der Waals surface area contributed by atoms with Crippen LogP contribution in [0.25, 0.3) is 0 Å². The van der Waals surface area contributed by atoms with Crippen LogP contribution in [0.5, 0.6) is 11.5 Å². The zero-order valence-electron chi connectivity index (χ0n) is 14.3. The van der Waals surface area contributed by atoms with Crippen LogP contribution in [0.1, 0.15) is 5.56 Å². The molecule has 0 aliphatic heterocycles. The minimum atomic E-state index is -0.723. The summed E-state index contributed by atoms with van der Waals surface area (Å²) in [6.07, 6.45) is 3.03. The number of ether oxygens (including phenoxy) is 2. The SMILES string of the molecule is C=CCOc1ccc(/C=N\Nc2ccc([N+](=O)[O-])cc2[N+](=O)[O-])cc1OC. The van der Waals surface area contributed by atoms with Gasteiger partial charge in [0, 0.05) is 6.07 Å². The Kier molecular flexibility index (Phi) is 6.42. The molecule has 0 bridgehead atoms. The van der Waals surface area contributed by atoms with Crippen LogP contribution in [0.4, 0.5) is 17.1 Å². The quantitative estimate of drug-likeness (QED) is 0.308. The molecule has 0 saturated heterocycles. The average Bonchev–Trinajstić information content (AvgIpc) is 2.66.